The van der Waals surface area contributed by atoms with Crippen LogP contribution in [0.5, 0.6) is 0 Å². The summed E-state index contributed by atoms with van der Waals surface area (Å²) in [5, 5.41) is 3.39. The lowest BCUT2D eigenvalue weighted by molar-refractivity contribution is 0.0729. The number of amides is 1. The van der Waals surface area contributed by atoms with E-state index >= 15 is 0 Å². The van der Waals surface area contributed by atoms with Crippen LogP contribution in [0, 0.1) is 0 Å². The Morgan fingerprint density at radius 3 is 2.59 bits per heavy atom. The minimum Gasteiger partial charge on any atom is -0.354 e. The number of benzene rings is 2. The summed E-state index contributed by atoms with van der Waals surface area (Å²) in [6, 6.07) is 20.3. The number of rotatable bonds is 4. The van der Waals surface area contributed by atoms with Gasteiger partial charge in [-0.3, -0.25) is 4.79 Å². The molecule has 0 bridgehead atoms. The number of nitrogens with one attached hydrogen (secondary N) is 1. The molecule has 2 heterocycles. The molecule has 1 aliphatic rings. The van der Waals surface area contributed by atoms with Crippen molar-refractivity contribution < 1.29 is 4.79 Å². The van der Waals surface area contributed by atoms with Crippen molar-refractivity contribution in [3.05, 3.63) is 89.2 Å². The van der Waals surface area contributed by atoms with Crippen molar-refractivity contribution >= 4 is 17.3 Å². The molecule has 0 fully saturated rings. The summed E-state index contributed by atoms with van der Waals surface area (Å²) in [4.78, 5) is 19.1. The Hall–Kier alpha value is -3.14. The third-order valence-electron chi connectivity index (χ3n) is 5.08. The Labute approximate surface area is 159 Å². The van der Waals surface area contributed by atoms with E-state index in [1.807, 2.05) is 29.2 Å². The molecule has 136 valence electrons. The average Bonchev–Trinajstić information content (AvgIpc) is 2.74. The van der Waals surface area contributed by atoms with E-state index in [-0.39, 0.29) is 5.91 Å². The van der Waals surface area contributed by atoms with Crippen molar-refractivity contribution in [2.75, 3.05) is 11.9 Å². The number of aromatic nitrogens is 1. The molecule has 1 amide bonds. The SMILES string of the molecule is CCc1ccccc1Nc1ccc(C(=O)N2CCc3ccccc3C2)nc1. The number of para-hydroxylation sites is 1. The Kier molecular flexibility index (Phi) is 4.88. The number of hydrogen-bond donors (Lipinski definition) is 1. The van der Waals surface area contributed by atoms with E-state index in [1.165, 1.54) is 16.7 Å². The van der Waals surface area contributed by atoms with Gasteiger partial charge in [0.2, 0.25) is 0 Å². The molecule has 3 aromatic rings. The van der Waals surface area contributed by atoms with Gasteiger partial charge in [-0.25, -0.2) is 4.98 Å². The molecular weight excluding hydrogens is 334 g/mol. The van der Waals surface area contributed by atoms with Crippen LogP contribution in [0.3, 0.4) is 0 Å². The lowest BCUT2D eigenvalue weighted by Gasteiger charge is -2.28. The summed E-state index contributed by atoms with van der Waals surface area (Å²) in [6.45, 7) is 3.53. The monoisotopic (exact) mass is 357 g/mol. The molecule has 0 saturated carbocycles. The fraction of sp³-hybridized carbons (Fsp3) is 0.217. The van der Waals surface area contributed by atoms with Crippen LogP contribution in [0.2, 0.25) is 0 Å². The van der Waals surface area contributed by atoms with Crippen LogP contribution in [-0.4, -0.2) is 22.3 Å². The van der Waals surface area contributed by atoms with E-state index < -0.39 is 0 Å². The lowest BCUT2D eigenvalue weighted by atomic mass is 10.00. The van der Waals surface area contributed by atoms with E-state index in [1.54, 1.807) is 12.3 Å². The first-order chi connectivity index (χ1) is 13.2. The predicted octanol–water partition coefficient (Wildman–Crippen LogP) is 4.59. The van der Waals surface area contributed by atoms with Crippen molar-refractivity contribution in [1.29, 1.82) is 0 Å². The van der Waals surface area contributed by atoms with E-state index in [9.17, 15) is 4.79 Å². The average molecular weight is 357 g/mol. The number of nitrogens with zero attached hydrogens (tertiary/aromatic N) is 2. The van der Waals surface area contributed by atoms with Gasteiger partial charge < -0.3 is 10.2 Å². The van der Waals surface area contributed by atoms with Gasteiger partial charge in [0, 0.05) is 18.8 Å². The number of pyridine rings is 1. The second-order valence-corrected chi connectivity index (χ2v) is 6.81. The zero-order valence-electron chi connectivity index (χ0n) is 15.5. The van der Waals surface area contributed by atoms with Gasteiger partial charge in [0.05, 0.1) is 11.9 Å². The van der Waals surface area contributed by atoms with Crippen LogP contribution in [0.25, 0.3) is 0 Å². The number of fused-ring (bicyclic) bond motifs is 1. The number of carbonyl (C=O) groups excluding carboxylic acids is 1. The molecule has 1 aromatic heterocycles. The molecule has 0 atom stereocenters. The van der Waals surface area contributed by atoms with Crippen molar-refractivity contribution in [2.24, 2.45) is 0 Å². The second kappa shape index (κ2) is 7.62. The van der Waals surface area contributed by atoms with Crippen molar-refractivity contribution in [1.82, 2.24) is 9.88 Å². The smallest absolute Gasteiger partial charge is 0.272 e. The maximum atomic E-state index is 12.8. The number of aryl methyl sites for hydroxylation is 1. The highest BCUT2D eigenvalue weighted by atomic mass is 16.2. The number of carbonyl (C=O) groups is 1. The van der Waals surface area contributed by atoms with Gasteiger partial charge in [-0.2, -0.15) is 0 Å². The quantitative estimate of drug-likeness (QED) is 0.743. The molecule has 0 radical (unpaired) electrons. The molecule has 4 heteroatoms. The van der Waals surface area contributed by atoms with Gasteiger partial charge in [0.1, 0.15) is 5.69 Å². The van der Waals surface area contributed by atoms with Gasteiger partial charge in [-0.05, 0) is 47.7 Å². The summed E-state index contributed by atoms with van der Waals surface area (Å²) < 4.78 is 0. The van der Waals surface area contributed by atoms with Gasteiger partial charge >= 0.3 is 0 Å². The third kappa shape index (κ3) is 3.70. The summed E-state index contributed by atoms with van der Waals surface area (Å²) in [6.07, 6.45) is 3.59. The molecule has 1 aliphatic heterocycles. The Morgan fingerprint density at radius 1 is 1.04 bits per heavy atom. The standard InChI is InChI=1S/C23H23N3O/c1-2-17-7-5-6-10-21(17)25-20-11-12-22(24-15-20)23(27)26-14-13-18-8-3-4-9-19(18)16-26/h3-12,15,25H,2,13-14,16H2,1H3. The van der Waals surface area contributed by atoms with Gasteiger partial charge in [-0.15, -0.1) is 0 Å². The Morgan fingerprint density at radius 2 is 1.81 bits per heavy atom. The first kappa shape index (κ1) is 17.3. The van der Waals surface area contributed by atoms with Gasteiger partial charge in [0.25, 0.3) is 5.91 Å². The van der Waals surface area contributed by atoms with Crippen LogP contribution in [-0.2, 0) is 19.4 Å². The van der Waals surface area contributed by atoms with Gasteiger partial charge in [-0.1, -0.05) is 49.4 Å². The molecule has 0 saturated heterocycles. The zero-order chi connectivity index (χ0) is 18.6. The van der Waals surface area contributed by atoms with Gasteiger partial charge in [0.15, 0.2) is 0 Å². The fourth-order valence-electron chi connectivity index (χ4n) is 3.53. The Bertz CT molecular complexity index is 950. The minimum atomic E-state index is -0.00925. The highest BCUT2D eigenvalue weighted by Gasteiger charge is 2.22. The number of anilines is 2. The van der Waals surface area contributed by atoms with Crippen LogP contribution < -0.4 is 5.32 Å². The first-order valence-corrected chi connectivity index (χ1v) is 9.41. The molecule has 4 rings (SSSR count). The van der Waals surface area contributed by atoms with E-state index in [2.05, 4.69) is 47.6 Å². The minimum absolute atomic E-state index is 0.00925. The summed E-state index contributed by atoms with van der Waals surface area (Å²) >= 11 is 0. The summed E-state index contributed by atoms with van der Waals surface area (Å²) in [5.74, 6) is -0.00925. The van der Waals surface area contributed by atoms with Crippen LogP contribution in [0.4, 0.5) is 11.4 Å². The highest BCUT2D eigenvalue weighted by Crippen LogP contribution is 2.22. The second-order valence-electron chi connectivity index (χ2n) is 6.81. The molecular formula is C23H23N3O. The molecule has 0 aliphatic carbocycles. The molecule has 27 heavy (non-hydrogen) atoms. The maximum absolute atomic E-state index is 12.8. The summed E-state index contributed by atoms with van der Waals surface area (Å²) in [5.41, 5.74) is 6.27. The largest absolute Gasteiger partial charge is 0.354 e. The summed E-state index contributed by atoms with van der Waals surface area (Å²) in [7, 11) is 0. The molecule has 1 N–H and O–H groups in total. The topological polar surface area (TPSA) is 45.2 Å². The van der Waals surface area contributed by atoms with Crippen molar-refractivity contribution in [3.63, 3.8) is 0 Å². The van der Waals surface area contributed by atoms with E-state index in [0.717, 1.165) is 30.8 Å². The molecule has 0 spiro atoms. The molecule has 4 nitrogen and oxygen atoms in total. The maximum Gasteiger partial charge on any atom is 0.272 e. The van der Waals surface area contributed by atoms with Crippen LogP contribution in [0.1, 0.15) is 34.1 Å². The number of hydrogen-bond acceptors (Lipinski definition) is 3. The molecule has 0 unspecified atom stereocenters. The fourth-order valence-corrected chi connectivity index (χ4v) is 3.53. The van der Waals surface area contributed by atoms with E-state index in [4.69, 9.17) is 0 Å². The van der Waals surface area contributed by atoms with Crippen molar-refractivity contribution in [3.8, 4) is 0 Å². The first-order valence-electron chi connectivity index (χ1n) is 9.41. The normalized spacial score (nSPS) is 13.1. The molecule has 2 aromatic carbocycles. The van der Waals surface area contributed by atoms with Crippen LogP contribution in [0.15, 0.2) is 66.9 Å². The lowest BCUT2D eigenvalue weighted by Crippen LogP contribution is -2.36. The van der Waals surface area contributed by atoms with Crippen LogP contribution >= 0.6 is 0 Å². The van der Waals surface area contributed by atoms with Crippen molar-refractivity contribution in [2.45, 2.75) is 26.3 Å². The highest BCUT2D eigenvalue weighted by molar-refractivity contribution is 5.92. The zero-order valence-corrected chi connectivity index (χ0v) is 15.5. The third-order valence-corrected chi connectivity index (χ3v) is 5.08. The Balaban J connectivity index is 1.47. The predicted molar refractivity (Wildman–Crippen MR) is 108 cm³/mol. The van der Waals surface area contributed by atoms with E-state index in [0.29, 0.717) is 12.2 Å².